The third kappa shape index (κ3) is 5.06. The van der Waals surface area contributed by atoms with Crippen LogP contribution < -0.4 is 5.32 Å². The fourth-order valence-corrected chi connectivity index (χ4v) is 13.5. The Hall–Kier alpha value is -0.770. The Morgan fingerprint density at radius 1 is 0.979 bits per heavy atom. The first kappa shape index (κ1) is 37.0. The van der Waals surface area contributed by atoms with Crippen molar-refractivity contribution < 1.29 is 34.3 Å². The minimum atomic E-state index is -0.919. The number of hydrogen-bond donors (Lipinski definition) is 4. The Labute approximate surface area is 290 Å². The highest BCUT2D eigenvalue weighted by molar-refractivity contribution is 5.76. The molecule has 0 aromatic heterocycles. The van der Waals surface area contributed by atoms with Gasteiger partial charge in [-0.1, -0.05) is 41.5 Å². The van der Waals surface area contributed by atoms with Crippen molar-refractivity contribution in [1.82, 2.24) is 5.32 Å². The Morgan fingerprint density at radius 2 is 1.65 bits per heavy atom. The van der Waals surface area contributed by atoms with Crippen LogP contribution in [-0.2, 0) is 19.0 Å². The van der Waals surface area contributed by atoms with Crippen LogP contribution in [0.1, 0.15) is 141 Å². The molecule has 0 radical (unpaired) electrons. The second kappa shape index (κ2) is 11.4. The van der Waals surface area contributed by atoms with E-state index in [1.165, 1.54) is 0 Å². The van der Waals surface area contributed by atoms with Gasteiger partial charge >= 0.3 is 5.97 Å². The van der Waals surface area contributed by atoms with Gasteiger partial charge in [0.25, 0.3) is 0 Å². The monoisotopic (exact) mass is 676 g/mol. The zero-order chi connectivity index (χ0) is 35.7. The molecule has 2 spiro atoms. The van der Waals surface area contributed by atoms with Crippen molar-refractivity contribution >= 4 is 5.97 Å². The normalized spacial score (nSPS) is 50.7. The first-order chi connectivity index (χ1) is 21.9. The summed E-state index contributed by atoms with van der Waals surface area (Å²) >= 11 is 0. The Balaban J connectivity index is 1.22. The van der Waals surface area contributed by atoms with Gasteiger partial charge in [0, 0.05) is 17.3 Å². The number of carbonyl (C=O) groups excluding carboxylic acids is 1. The molecule has 0 amide bonds. The number of hydrogen-bond acceptors (Lipinski definition) is 8. The number of aliphatic hydroxyl groups excluding tert-OH is 2. The molecule has 5 aliphatic carbocycles. The van der Waals surface area contributed by atoms with Crippen molar-refractivity contribution in [2.24, 2.45) is 50.7 Å². The SMILES string of the molecule is CC(C)C(NCOC(C)(C)C)C(=O)OC1CCC23CC24CCC2(C)C(C5(C)CCC(C(C)(C)O)O5)C(O)CC2(C)C4CC(O)C3(C)C1C. The van der Waals surface area contributed by atoms with E-state index >= 15 is 0 Å². The predicted octanol–water partition coefficient (Wildman–Crippen LogP) is 6.37. The molecule has 4 N–H and O–H groups in total. The fourth-order valence-electron chi connectivity index (χ4n) is 13.5. The number of rotatable bonds is 8. The number of fused-ring (bicyclic) bond motifs is 2. The summed E-state index contributed by atoms with van der Waals surface area (Å²) in [7, 11) is 0. The molecule has 6 fully saturated rings. The van der Waals surface area contributed by atoms with Crippen molar-refractivity contribution in [2.75, 3.05) is 6.73 Å². The van der Waals surface area contributed by atoms with Gasteiger partial charge in [-0.05, 0) is 133 Å². The molecule has 0 bridgehead atoms. The van der Waals surface area contributed by atoms with E-state index in [0.29, 0.717) is 5.92 Å². The second-order valence-electron chi connectivity index (χ2n) is 20.3. The quantitative estimate of drug-likeness (QED) is 0.173. The molecule has 6 rings (SSSR count). The molecule has 48 heavy (non-hydrogen) atoms. The first-order valence-electron chi connectivity index (χ1n) is 19.3. The lowest BCUT2D eigenvalue weighted by Crippen LogP contribution is -2.64. The van der Waals surface area contributed by atoms with Crippen molar-refractivity contribution in [3.05, 3.63) is 0 Å². The largest absolute Gasteiger partial charge is 0.461 e. The summed E-state index contributed by atoms with van der Waals surface area (Å²) in [5.74, 6) is 0.136. The third-order valence-electron chi connectivity index (χ3n) is 16.3. The Bertz CT molecular complexity index is 1260. The van der Waals surface area contributed by atoms with Gasteiger partial charge in [-0.15, -0.1) is 0 Å². The number of nitrogens with one attached hydrogen (secondary N) is 1. The van der Waals surface area contributed by atoms with Crippen LogP contribution >= 0.6 is 0 Å². The van der Waals surface area contributed by atoms with Crippen LogP contribution in [0.5, 0.6) is 0 Å². The lowest BCUT2D eigenvalue weighted by Gasteiger charge is -2.66. The van der Waals surface area contributed by atoms with Crippen LogP contribution in [0.15, 0.2) is 0 Å². The lowest BCUT2D eigenvalue weighted by atomic mass is 9.39. The molecule has 1 saturated heterocycles. The number of esters is 1. The van der Waals surface area contributed by atoms with Crippen LogP contribution in [0.25, 0.3) is 0 Å². The summed E-state index contributed by atoms with van der Waals surface area (Å²) in [4.78, 5) is 13.6. The molecular weight excluding hydrogens is 606 g/mol. The van der Waals surface area contributed by atoms with Gasteiger partial charge in [0.05, 0.1) is 41.8 Å². The van der Waals surface area contributed by atoms with Gasteiger partial charge in [0.2, 0.25) is 0 Å². The van der Waals surface area contributed by atoms with E-state index in [1.807, 2.05) is 48.5 Å². The Kier molecular flexibility index (Phi) is 8.76. The van der Waals surface area contributed by atoms with Gasteiger partial charge in [0.15, 0.2) is 0 Å². The molecule has 8 nitrogen and oxygen atoms in total. The van der Waals surface area contributed by atoms with Gasteiger partial charge in [-0.25, -0.2) is 0 Å². The van der Waals surface area contributed by atoms with E-state index in [-0.39, 0.29) is 75.3 Å². The maximum atomic E-state index is 13.6. The van der Waals surface area contributed by atoms with Gasteiger partial charge in [0.1, 0.15) is 12.1 Å². The maximum absolute atomic E-state index is 13.6. The van der Waals surface area contributed by atoms with Crippen LogP contribution in [0, 0.1) is 50.7 Å². The second-order valence-corrected chi connectivity index (χ2v) is 20.3. The Morgan fingerprint density at radius 3 is 2.23 bits per heavy atom. The van der Waals surface area contributed by atoms with Gasteiger partial charge in [-0.2, -0.15) is 0 Å². The predicted molar refractivity (Wildman–Crippen MR) is 186 cm³/mol. The molecule has 1 aliphatic heterocycles. The average Bonchev–Trinajstić information content (AvgIpc) is 3.34. The zero-order valence-electron chi connectivity index (χ0n) is 32.2. The highest BCUT2D eigenvalue weighted by atomic mass is 16.5. The minimum Gasteiger partial charge on any atom is -0.461 e. The van der Waals surface area contributed by atoms with Gasteiger partial charge < -0.3 is 29.5 Å². The number of ether oxygens (including phenoxy) is 3. The fraction of sp³-hybridized carbons (Fsp3) is 0.975. The highest BCUT2D eigenvalue weighted by Crippen LogP contribution is 2.91. The van der Waals surface area contributed by atoms with E-state index < -0.39 is 29.5 Å². The topological polar surface area (TPSA) is 117 Å². The first-order valence-corrected chi connectivity index (χ1v) is 19.3. The summed E-state index contributed by atoms with van der Waals surface area (Å²) in [5, 5.41) is 38.4. The molecule has 5 saturated carbocycles. The van der Waals surface area contributed by atoms with Crippen molar-refractivity contribution in [1.29, 1.82) is 0 Å². The van der Waals surface area contributed by atoms with Crippen LogP contribution in [0.3, 0.4) is 0 Å². The van der Waals surface area contributed by atoms with E-state index in [1.54, 1.807) is 0 Å². The van der Waals surface area contributed by atoms with E-state index in [0.717, 1.165) is 57.8 Å². The molecule has 1 heterocycles. The molecule has 14 unspecified atom stereocenters. The summed E-state index contributed by atoms with van der Waals surface area (Å²) in [6, 6.07) is -0.460. The van der Waals surface area contributed by atoms with Crippen LogP contribution in [0.2, 0.25) is 0 Å². The summed E-state index contributed by atoms with van der Waals surface area (Å²) in [6.07, 6.45) is 6.64. The third-order valence-corrected chi connectivity index (χ3v) is 16.3. The lowest BCUT2D eigenvalue weighted by molar-refractivity contribution is -0.230. The van der Waals surface area contributed by atoms with Crippen molar-refractivity contribution in [3.63, 3.8) is 0 Å². The van der Waals surface area contributed by atoms with E-state index in [4.69, 9.17) is 14.2 Å². The smallest absolute Gasteiger partial charge is 0.323 e. The molecule has 0 aromatic rings. The summed E-state index contributed by atoms with van der Waals surface area (Å²) in [6.45, 7) is 25.5. The summed E-state index contributed by atoms with van der Waals surface area (Å²) in [5.41, 5.74) is -2.22. The zero-order valence-corrected chi connectivity index (χ0v) is 32.2. The van der Waals surface area contributed by atoms with Crippen LogP contribution in [-0.4, -0.2) is 75.3 Å². The van der Waals surface area contributed by atoms with Crippen molar-refractivity contribution in [2.45, 2.75) is 188 Å². The van der Waals surface area contributed by atoms with Crippen molar-refractivity contribution in [3.8, 4) is 0 Å². The number of aliphatic hydroxyl groups is 3. The number of carbonyl (C=O) groups is 1. The highest BCUT2D eigenvalue weighted by Gasteiger charge is 2.86. The van der Waals surface area contributed by atoms with Gasteiger partial charge in [-0.3, -0.25) is 10.1 Å². The summed E-state index contributed by atoms with van der Waals surface area (Å²) < 4.78 is 19.0. The average molecular weight is 676 g/mol. The molecule has 8 heteroatoms. The van der Waals surface area contributed by atoms with E-state index in [2.05, 4.69) is 39.9 Å². The van der Waals surface area contributed by atoms with Crippen LogP contribution in [0.4, 0.5) is 0 Å². The standard InChI is InChI=1S/C40H69NO7/c1-23(2)30(41-22-46-33(4,5)6)32(44)47-26-13-16-40-21-39(40)18-17-35(9)31(37(11)15-14-29(48-37)34(7,8)45)25(42)20-36(35,10)27(39)19-28(43)38(40,12)24(26)3/h23-31,41-43,45H,13-22H2,1-12H3. The maximum Gasteiger partial charge on any atom is 0.323 e. The molecule has 14 atom stereocenters. The minimum absolute atomic E-state index is 0.00799. The van der Waals surface area contributed by atoms with E-state index in [9.17, 15) is 20.1 Å². The molecule has 276 valence electrons. The molecule has 0 aromatic carbocycles. The molecular formula is C40H69NO7. The molecule has 6 aliphatic rings.